The Morgan fingerprint density at radius 2 is 2.12 bits per heavy atom. The third-order valence-electron chi connectivity index (χ3n) is 0.472. The number of hydrogen-bond acceptors (Lipinski definition) is 1. The van der Waals surface area contributed by atoms with E-state index in [0.29, 0.717) is 0 Å². The van der Waals surface area contributed by atoms with Crippen molar-refractivity contribution in [3.63, 3.8) is 0 Å². The van der Waals surface area contributed by atoms with E-state index in [9.17, 15) is 4.21 Å². The minimum absolute atomic E-state index is 0.132. The molecule has 0 saturated carbocycles. The lowest BCUT2D eigenvalue weighted by atomic mass is 10.0. The molecule has 0 aliphatic heterocycles. The fraction of sp³-hybridized carbons (Fsp3) is 0.600. The van der Waals surface area contributed by atoms with Crippen LogP contribution in [0, 0.1) is 19.3 Å². The van der Waals surface area contributed by atoms with Gasteiger partial charge in [0.05, 0.1) is 0 Å². The Morgan fingerprint density at radius 3 is 2.12 bits per heavy atom. The zero-order chi connectivity index (χ0) is 6.78. The molecule has 0 aromatic carbocycles. The molecule has 0 aromatic heterocycles. The third-order valence-corrected chi connectivity index (χ3v) is 1.42. The minimum atomic E-state index is -1.76. The summed E-state index contributed by atoms with van der Waals surface area (Å²) in [7, 11) is 0. The molecule has 0 aliphatic rings. The van der Waals surface area contributed by atoms with Gasteiger partial charge in [0.25, 0.3) is 0 Å². The molecular weight excluding hydrogens is 124 g/mol. The summed E-state index contributed by atoms with van der Waals surface area (Å²) >= 11 is -1.76. The van der Waals surface area contributed by atoms with Crippen molar-refractivity contribution in [1.82, 2.24) is 0 Å². The van der Waals surface area contributed by atoms with Gasteiger partial charge in [-0.25, -0.2) is 4.21 Å². The van der Waals surface area contributed by atoms with Crippen LogP contribution < -0.4 is 0 Å². The first kappa shape index (κ1) is 7.85. The minimum Gasteiger partial charge on any atom is -0.306 e. The third kappa shape index (κ3) is 5.85. The Bertz CT molecular complexity index is 93.1. The predicted octanol–water partition coefficient (Wildman–Crippen LogP) is 0.883. The van der Waals surface area contributed by atoms with Crippen molar-refractivity contribution in [2.24, 2.45) is 5.41 Å². The molecule has 0 fully saturated rings. The van der Waals surface area contributed by atoms with Crippen molar-refractivity contribution in [2.75, 3.05) is 5.75 Å². The maximum atomic E-state index is 10.0. The van der Waals surface area contributed by atoms with E-state index in [4.69, 9.17) is 4.55 Å². The van der Waals surface area contributed by atoms with Crippen molar-refractivity contribution in [3.05, 3.63) is 13.8 Å². The van der Waals surface area contributed by atoms with Gasteiger partial charge in [-0.05, 0) is 0 Å². The molecule has 46 valence electrons. The summed E-state index contributed by atoms with van der Waals surface area (Å²) < 4.78 is 18.3. The topological polar surface area (TPSA) is 37.3 Å². The largest absolute Gasteiger partial charge is 0.306 e. The van der Waals surface area contributed by atoms with Gasteiger partial charge in [0.1, 0.15) is 19.6 Å². The van der Waals surface area contributed by atoms with Crippen LogP contribution in [-0.2, 0) is 11.1 Å². The second-order valence-corrected chi connectivity index (χ2v) is 3.21. The van der Waals surface area contributed by atoms with Crippen LogP contribution >= 0.6 is 0 Å². The van der Waals surface area contributed by atoms with Gasteiger partial charge in [0, 0.05) is 6.92 Å². The van der Waals surface area contributed by atoms with Crippen LogP contribution in [-0.4, -0.2) is 14.5 Å². The van der Waals surface area contributed by atoms with Gasteiger partial charge < -0.3 is 4.55 Å². The highest BCUT2D eigenvalue weighted by atomic mass is 32.2. The van der Waals surface area contributed by atoms with Gasteiger partial charge in [-0.3, -0.25) is 0 Å². The van der Waals surface area contributed by atoms with Gasteiger partial charge in [-0.2, -0.15) is 0 Å². The van der Waals surface area contributed by atoms with Crippen LogP contribution in [0.4, 0.5) is 0 Å². The lowest BCUT2D eigenvalue weighted by molar-refractivity contribution is 0.532. The Labute approximate surface area is 52.6 Å². The molecule has 8 heavy (non-hydrogen) atoms. The van der Waals surface area contributed by atoms with Crippen LogP contribution in [0.5, 0.6) is 0 Å². The monoisotopic (exact) mass is 134 g/mol. The molecule has 3 heteroatoms. The maximum absolute atomic E-state index is 10.0. The number of rotatable bonds is 2. The fourth-order valence-electron chi connectivity index (χ4n) is 0.298. The van der Waals surface area contributed by atoms with Gasteiger partial charge in [-0.15, -0.1) is 0 Å². The highest BCUT2D eigenvalue weighted by molar-refractivity contribution is 7.79. The van der Waals surface area contributed by atoms with E-state index in [-0.39, 0.29) is 5.75 Å². The van der Waals surface area contributed by atoms with E-state index in [2.05, 4.69) is 13.8 Å². The summed E-state index contributed by atoms with van der Waals surface area (Å²) in [5, 5.41) is 0. The Morgan fingerprint density at radius 1 is 1.75 bits per heavy atom. The zero-order valence-electron chi connectivity index (χ0n) is 4.89. The van der Waals surface area contributed by atoms with E-state index in [0.717, 1.165) is 0 Å². The second-order valence-electron chi connectivity index (χ2n) is 2.28. The highest BCUT2D eigenvalue weighted by Crippen LogP contribution is 2.11. The maximum Gasteiger partial charge on any atom is 0.241 e. The molecule has 1 atom stereocenters. The Kier molecular flexibility index (Phi) is 2.37. The highest BCUT2D eigenvalue weighted by Gasteiger charge is 2.28. The summed E-state index contributed by atoms with van der Waals surface area (Å²) in [4.78, 5) is 0. The molecule has 0 rings (SSSR count). The molecule has 0 aliphatic carbocycles. The van der Waals surface area contributed by atoms with Crippen molar-refractivity contribution >= 4 is 11.1 Å². The summed E-state index contributed by atoms with van der Waals surface area (Å²) in [6, 6.07) is 0. The van der Waals surface area contributed by atoms with Crippen molar-refractivity contribution in [2.45, 2.75) is 6.92 Å². The van der Waals surface area contributed by atoms with E-state index < -0.39 is 16.5 Å². The summed E-state index contributed by atoms with van der Waals surface area (Å²) in [5.74, 6) is 0.132. The van der Waals surface area contributed by atoms with Crippen LogP contribution in [0.15, 0.2) is 0 Å². The molecule has 0 spiro atoms. The van der Waals surface area contributed by atoms with E-state index in [1.807, 2.05) is 0 Å². The van der Waals surface area contributed by atoms with Crippen LogP contribution in [0.25, 0.3) is 0 Å². The number of hydrogen-bond donors (Lipinski definition) is 1. The second kappa shape index (κ2) is 2.42. The van der Waals surface area contributed by atoms with E-state index >= 15 is 0 Å². The molecule has 0 aromatic rings. The summed E-state index contributed by atoms with van der Waals surface area (Å²) in [6.45, 7) is 8.80. The lowest BCUT2D eigenvalue weighted by Crippen LogP contribution is -2.15. The molecule has 1 unspecified atom stereocenters. The van der Waals surface area contributed by atoms with Crippen LogP contribution in [0.2, 0.25) is 0 Å². The smallest absolute Gasteiger partial charge is 0.241 e. The van der Waals surface area contributed by atoms with Gasteiger partial charge in [0.15, 0.2) is 11.1 Å². The molecule has 1 N–H and O–H groups in total. The molecule has 2 nitrogen and oxygen atoms in total. The molecule has 0 saturated heterocycles. The van der Waals surface area contributed by atoms with Gasteiger partial charge >= 0.3 is 0 Å². The Hall–Kier alpha value is -0.150. The zero-order valence-corrected chi connectivity index (χ0v) is 5.70. The van der Waals surface area contributed by atoms with Crippen molar-refractivity contribution in [3.8, 4) is 0 Å². The predicted molar refractivity (Wildman–Crippen MR) is 34.5 cm³/mol. The first-order valence-corrected chi connectivity index (χ1v) is 3.47. The van der Waals surface area contributed by atoms with Crippen LogP contribution in [0.1, 0.15) is 6.92 Å². The van der Waals surface area contributed by atoms with Gasteiger partial charge in [0.2, 0.25) is 5.41 Å². The Balaban J connectivity index is 3.55. The SMILES string of the molecule is [CH2+]C([CH2+])(C)CS(=O)O. The normalized spacial score (nSPS) is 15.8. The average Bonchev–Trinajstić information content (AvgIpc) is 1.21. The van der Waals surface area contributed by atoms with E-state index in [1.54, 1.807) is 6.92 Å². The van der Waals surface area contributed by atoms with Crippen molar-refractivity contribution in [1.29, 1.82) is 0 Å². The summed E-state index contributed by atoms with van der Waals surface area (Å²) in [6.07, 6.45) is 0. The fourth-order valence-corrected chi connectivity index (χ4v) is 0.894. The van der Waals surface area contributed by atoms with E-state index in [1.165, 1.54) is 0 Å². The molecule has 0 heterocycles. The van der Waals surface area contributed by atoms with Crippen LogP contribution in [0.3, 0.4) is 0 Å². The lowest BCUT2D eigenvalue weighted by Gasteiger charge is -1.97. The molecular formula is C5H10O2S+2. The molecule has 0 bridgehead atoms. The average molecular weight is 134 g/mol. The quantitative estimate of drug-likeness (QED) is 0.449. The standard InChI is InChI=1S/C5H9O2S/c1-5(2,3)4-8(6)7/h1-2,4H2,3H3/q+1/p+1. The first-order valence-electron chi connectivity index (χ1n) is 2.20. The molecule has 0 radical (unpaired) electrons. The van der Waals surface area contributed by atoms with Crippen molar-refractivity contribution < 1.29 is 8.76 Å². The molecule has 0 amide bonds. The first-order chi connectivity index (χ1) is 3.42. The summed E-state index contributed by atoms with van der Waals surface area (Å²) in [5.41, 5.74) is -0.528. The van der Waals surface area contributed by atoms with Gasteiger partial charge in [-0.1, -0.05) is 0 Å².